The third-order valence-corrected chi connectivity index (χ3v) is 3.35. The highest BCUT2D eigenvalue weighted by Crippen LogP contribution is 2.24. The topological polar surface area (TPSA) is 34.0 Å². The smallest absolute Gasteiger partial charge is 0.250 e. The van der Waals surface area contributed by atoms with Crippen molar-refractivity contribution in [3.63, 3.8) is 0 Å². The van der Waals surface area contributed by atoms with Gasteiger partial charge >= 0.3 is 0 Å². The van der Waals surface area contributed by atoms with Gasteiger partial charge in [-0.2, -0.15) is 0 Å². The van der Waals surface area contributed by atoms with Crippen LogP contribution in [0.25, 0.3) is 0 Å². The van der Waals surface area contributed by atoms with Crippen LogP contribution in [0.5, 0.6) is 0 Å². The molecule has 4 heteroatoms. The van der Waals surface area contributed by atoms with Gasteiger partial charge in [-0.3, -0.25) is 4.79 Å². The SMILES string of the molecule is CCC(Nc1ccc(=O)n(CC)c1)c1ccccc1F. The molecule has 0 saturated heterocycles. The summed E-state index contributed by atoms with van der Waals surface area (Å²) in [4.78, 5) is 11.6. The summed E-state index contributed by atoms with van der Waals surface area (Å²) in [5.41, 5.74) is 1.43. The van der Waals surface area contributed by atoms with E-state index in [-0.39, 0.29) is 17.4 Å². The van der Waals surface area contributed by atoms with Crippen LogP contribution in [0.2, 0.25) is 0 Å². The molecular weight excluding hydrogens is 255 g/mol. The van der Waals surface area contributed by atoms with Crippen molar-refractivity contribution in [1.29, 1.82) is 0 Å². The van der Waals surface area contributed by atoms with Crippen LogP contribution in [0.4, 0.5) is 10.1 Å². The Morgan fingerprint density at radius 1 is 1.20 bits per heavy atom. The van der Waals surface area contributed by atoms with E-state index in [1.54, 1.807) is 29.0 Å². The largest absolute Gasteiger partial charge is 0.377 e. The fourth-order valence-electron chi connectivity index (χ4n) is 2.22. The Morgan fingerprint density at radius 2 is 1.95 bits per heavy atom. The summed E-state index contributed by atoms with van der Waals surface area (Å²) in [7, 11) is 0. The molecule has 1 aromatic heterocycles. The molecule has 0 aliphatic heterocycles. The van der Waals surface area contributed by atoms with Gasteiger partial charge in [0.25, 0.3) is 5.56 Å². The van der Waals surface area contributed by atoms with E-state index in [4.69, 9.17) is 0 Å². The average Bonchev–Trinajstić information content (AvgIpc) is 2.47. The first-order chi connectivity index (χ1) is 9.65. The number of aromatic nitrogens is 1. The quantitative estimate of drug-likeness (QED) is 0.904. The molecule has 0 spiro atoms. The fraction of sp³-hybridized carbons (Fsp3) is 0.312. The molecule has 1 N–H and O–H groups in total. The molecule has 2 rings (SSSR count). The predicted molar refractivity (Wildman–Crippen MR) is 79.4 cm³/mol. The first-order valence-corrected chi connectivity index (χ1v) is 6.87. The molecule has 1 heterocycles. The first kappa shape index (κ1) is 14.3. The molecular formula is C16H19FN2O. The van der Waals surface area contributed by atoms with E-state index in [0.29, 0.717) is 12.1 Å². The number of nitrogens with one attached hydrogen (secondary N) is 1. The van der Waals surface area contributed by atoms with Gasteiger partial charge in [-0.25, -0.2) is 4.39 Å². The second-order valence-electron chi connectivity index (χ2n) is 4.67. The lowest BCUT2D eigenvalue weighted by atomic mass is 10.0. The molecule has 2 aromatic rings. The second kappa shape index (κ2) is 6.37. The number of halogens is 1. The highest BCUT2D eigenvalue weighted by molar-refractivity contribution is 5.43. The number of nitrogens with zero attached hydrogens (tertiary/aromatic N) is 1. The minimum atomic E-state index is -0.212. The van der Waals surface area contributed by atoms with Crippen molar-refractivity contribution in [2.24, 2.45) is 0 Å². The van der Waals surface area contributed by atoms with Crippen molar-refractivity contribution in [3.05, 3.63) is 64.3 Å². The Bertz CT molecular complexity index is 636. The van der Waals surface area contributed by atoms with Gasteiger partial charge in [-0.1, -0.05) is 25.1 Å². The van der Waals surface area contributed by atoms with E-state index in [9.17, 15) is 9.18 Å². The minimum Gasteiger partial charge on any atom is -0.377 e. The van der Waals surface area contributed by atoms with Crippen LogP contribution in [0, 0.1) is 5.82 Å². The molecule has 0 aliphatic rings. The average molecular weight is 274 g/mol. The van der Waals surface area contributed by atoms with Crippen molar-refractivity contribution in [2.45, 2.75) is 32.9 Å². The van der Waals surface area contributed by atoms with Crippen molar-refractivity contribution in [1.82, 2.24) is 4.57 Å². The molecule has 0 radical (unpaired) electrons. The van der Waals surface area contributed by atoms with Gasteiger partial charge in [0.1, 0.15) is 5.82 Å². The van der Waals surface area contributed by atoms with Crippen LogP contribution in [-0.2, 0) is 6.54 Å². The highest BCUT2D eigenvalue weighted by atomic mass is 19.1. The number of aryl methyl sites for hydroxylation is 1. The number of hydrogen-bond acceptors (Lipinski definition) is 2. The zero-order valence-electron chi connectivity index (χ0n) is 11.8. The van der Waals surface area contributed by atoms with Gasteiger partial charge in [0.2, 0.25) is 0 Å². The Morgan fingerprint density at radius 3 is 2.60 bits per heavy atom. The van der Waals surface area contributed by atoms with Crippen LogP contribution >= 0.6 is 0 Å². The number of pyridine rings is 1. The van der Waals surface area contributed by atoms with Crippen LogP contribution in [-0.4, -0.2) is 4.57 Å². The van der Waals surface area contributed by atoms with Crippen LogP contribution in [0.1, 0.15) is 31.9 Å². The molecule has 0 fully saturated rings. The van der Waals surface area contributed by atoms with Crippen LogP contribution in [0.15, 0.2) is 47.4 Å². The maximum Gasteiger partial charge on any atom is 0.250 e. The molecule has 106 valence electrons. The molecule has 1 atom stereocenters. The Labute approximate surface area is 118 Å². The molecule has 0 bridgehead atoms. The lowest BCUT2D eigenvalue weighted by Gasteiger charge is -2.20. The third-order valence-electron chi connectivity index (χ3n) is 3.35. The number of hydrogen-bond donors (Lipinski definition) is 1. The second-order valence-corrected chi connectivity index (χ2v) is 4.67. The Hall–Kier alpha value is -2.10. The molecule has 0 amide bonds. The lowest BCUT2D eigenvalue weighted by molar-refractivity contribution is 0.587. The summed E-state index contributed by atoms with van der Waals surface area (Å²) in [5, 5.41) is 3.29. The van der Waals surface area contributed by atoms with Gasteiger partial charge in [0.15, 0.2) is 0 Å². The van der Waals surface area contributed by atoms with E-state index in [1.807, 2.05) is 19.9 Å². The number of rotatable bonds is 5. The number of anilines is 1. The summed E-state index contributed by atoms with van der Waals surface area (Å²) in [6.45, 7) is 4.53. The summed E-state index contributed by atoms with van der Waals surface area (Å²) in [5.74, 6) is -0.212. The molecule has 0 aliphatic carbocycles. The standard InChI is InChI=1S/C16H19FN2O/c1-3-15(13-7-5-6-8-14(13)17)18-12-9-10-16(20)19(4-2)11-12/h5-11,15,18H,3-4H2,1-2H3. The van der Waals surface area contributed by atoms with Gasteiger partial charge in [0.05, 0.1) is 11.7 Å². The van der Waals surface area contributed by atoms with Gasteiger partial charge in [-0.15, -0.1) is 0 Å². The van der Waals surface area contributed by atoms with Gasteiger partial charge in [0, 0.05) is 24.4 Å². The van der Waals surface area contributed by atoms with E-state index >= 15 is 0 Å². The van der Waals surface area contributed by atoms with E-state index in [0.717, 1.165) is 12.1 Å². The molecule has 1 aromatic carbocycles. The van der Waals surface area contributed by atoms with Crippen molar-refractivity contribution < 1.29 is 4.39 Å². The summed E-state index contributed by atoms with van der Waals surface area (Å²) >= 11 is 0. The summed E-state index contributed by atoms with van der Waals surface area (Å²) in [6, 6.07) is 9.91. The van der Waals surface area contributed by atoms with E-state index < -0.39 is 0 Å². The molecule has 3 nitrogen and oxygen atoms in total. The Balaban J connectivity index is 2.27. The highest BCUT2D eigenvalue weighted by Gasteiger charge is 2.13. The van der Waals surface area contributed by atoms with Crippen molar-refractivity contribution >= 4 is 5.69 Å². The lowest BCUT2D eigenvalue weighted by Crippen LogP contribution is -2.19. The molecule has 0 saturated carbocycles. The maximum absolute atomic E-state index is 13.8. The third kappa shape index (κ3) is 3.07. The number of benzene rings is 1. The van der Waals surface area contributed by atoms with Gasteiger partial charge in [-0.05, 0) is 25.5 Å². The minimum absolute atomic E-state index is 0.0306. The normalized spacial score (nSPS) is 12.2. The van der Waals surface area contributed by atoms with E-state index in [2.05, 4.69) is 5.32 Å². The predicted octanol–water partition coefficient (Wildman–Crippen LogP) is 3.57. The van der Waals surface area contributed by atoms with Crippen LogP contribution < -0.4 is 10.9 Å². The van der Waals surface area contributed by atoms with E-state index in [1.165, 1.54) is 12.1 Å². The summed E-state index contributed by atoms with van der Waals surface area (Å²) in [6.07, 6.45) is 2.53. The van der Waals surface area contributed by atoms with Crippen LogP contribution in [0.3, 0.4) is 0 Å². The zero-order valence-corrected chi connectivity index (χ0v) is 11.8. The molecule has 1 unspecified atom stereocenters. The van der Waals surface area contributed by atoms with Crippen molar-refractivity contribution in [2.75, 3.05) is 5.32 Å². The fourth-order valence-corrected chi connectivity index (χ4v) is 2.22. The van der Waals surface area contributed by atoms with Crippen molar-refractivity contribution in [3.8, 4) is 0 Å². The summed E-state index contributed by atoms with van der Waals surface area (Å²) < 4.78 is 15.5. The zero-order chi connectivity index (χ0) is 14.5. The monoisotopic (exact) mass is 274 g/mol. The Kier molecular flexibility index (Phi) is 4.56. The maximum atomic E-state index is 13.8. The van der Waals surface area contributed by atoms with Gasteiger partial charge < -0.3 is 9.88 Å². The molecule has 20 heavy (non-hydrogen) atoms. The first-order valence-electron chi connectivity index (χ1n) is 6.87.